The number of benzene rings is 1. The molecule has 0 amide bonds. The van der Waals surface area contributed by atoms with Crippen LogP contribution in [0.2, 0.25) is 0 Å². The Bertz CT molecular complexity index is 345. The van der Waals surface area contributed by atoms with Crippen molar-refractivity contribution in [2.45, 2.75) is 30.6 Å². The van der Waals surface area contributed by atoms with Gasteiger partial charge >= 0.3 is 0 Å². The molecule has 1 N–H and O–H groups in total. The van der Waals surface area contributed by atoms with Crippen molar-refractivity contribution in [3.8, 4) is 0 Å². The topological polar surface area (TPSA) is 20.2 Å². The van der Waals surface area contributed by atoms with E-state index in [0.717, 1.165) is 12.8 Å². The first-order chi connectivity index (χ1) is 7.10. The molecule has 1 aliphatic heterocycles. The van der Waals surface area contributed by atoms with Gasteiger partial charge in [0, 0.05) is 11.0 Å². The summed E-state index contributed by atoms with van der Waals surface area (Å²) in [7, 11) is 0. The van der Waals surface area contributed by atoms with E-state index in [0.29, 0.717) is 16.6 Å². The number of thioether (sulfide) groups is 1. The van der Waals surface area contributed by atoms with E-state index in [4.69, 9.17) is 0 Å². The van der Waals surface area contributed by atoms with Crippen LogP contribution in [0.3, 0.4) is 0 Å². The normalized spacial score (nSPS) is 31.5. The molecule has 0 aromatic heterocycles. The van der Waals surface area contributed by atoms with E-state index in [1.54, 1.807) is 23.9 Å². The smallest absolute Gasteiger partial charge is 0.123 e. The third-order valence-electron chi connectivity index (χ3n) is 2.93. The highest BCUT2D eigenvalue weighted by molar-refractivity contribution is 7.99. The van der Waals surface area contributed by atoms with Crippen LogP contribution in [0.4, 0.5) is 4.39 Å². The van der Waals surface area contributed by atoms with Gasteiger partial charge in [-0.1, -0.05) is 19.1 Å². The Kier molecular flexibility index (Phi) is 3.03. The van der Waals surface area contributed by atoms with Crippen molar-refractivity contribution in [2.75, 3.05) is 5.75 Å². The quantitative estimate of drug-likeness (QED) is 0.794. The number of aliphatic hydroxyl groups is 1. The van der Waals surface area contributed by atoms with Crippen LogP contribution in [0.1, 0.15) is 25.3 Å². The minimum atomic E-state index is -0.834. The molecule has 1 fully saturated rings. The lowest BCUT2D eigenvalue weighted by atomic mass is 9.90. The highest BCUT2D eigenvalue weighted by Gasteiger charge is 2.34. The molecule has 1 saturated heterocycles. The molecule has 82 valence electrons. The molecule has 15 heavy (non-hydrogen) atoms. The summed E-state index contributed by atoms with van der Waals surface area (Å²) in [5.41, 5.74) is -0.124. The number of hydrogen-bond acceptors (Lipinski definition) is 2. The Balaban J connectivity index is 2.22. The number of rotatable bonds is 1. The van der Waals surface area contributed by atoms with Crippen molar-refractivity contribution in [2.24, 2.45) is 0 Å². The van der Waals surface area contributed by atoms with E-state index in [2.05, 4.69) is 6.92 Å². The van der Waals surface area contributed by atoms with Crippen molar-refractivity contribution >= 4 is 11.8 Å². The van der Waals surface area contributed by atoms with Gasteiger partial charge < -0.3 is 5.11 Å². The van der Waals surface area contributed by atoms with Crippen LogP contribution in [0.5, 0.6) is 0 Å². The molecule has 0 bridgehead atoms. The fourth-order valence-corrected chi connectivity index (χ4v) is 3.04. The van der Waals surface area contributed by atoms with Crippen molar-refractivity contribution in [1.82, 2.24) is 0 Å². The van der Waals surface area contributed by atoms with Crippen LogP contribution < -0.4 is 0 Å². The molecule has 0 aliphatic carbocycles. The van der Waals surface area contributed by atoms with Crippen LogP contribution in [0.25, 0.3) is 0 Å². The second-order valence-corrected chi connectivity index (χ2v) is 5.63. The molecule has 1 aliphatic rings. The Hall–Kier alpha value is -0.540. The standard InChI is InChI=1S/C12H15FOS/c1-9-5-6-12(14,8-15-9)10-3-2-4-11(13)7-10/h2-4,7,9,14H,5-6,8H2,1H3/t9-,12-/m0/s1. The van der Waals surface area contributed by atoms with Crippen LogP contribution in [-0.2, 0) is 5.60 Å². The number of hydrogen-bond donors (Lipinski definition) is 1. The zero-order valence-corrected chi connectivity index (χ0v) is 9.56. The van der Waals surface area contributed by atoms with Crippen molar-refractivity contribution in [3.05, 3.63) is 35.6 Å². The van der Waals surface area contributed by atoms with E-state index in [1.165, 1.54) is 12.1 Å². The third-order valence-corrected chi connectivity index (χ3v) is 4.38. The van der Waals surface area contributed by atoms with Gasteiger partial charge in [-0.05, 0) is 30.5 Å². The van der Waals surface area contributed by atoms with E-state index < -0.39 is 5.60 Å². The largest absolute Gasteiger partial charge is 0.384 e. The second kappa shape index (κ2) is 4.14. The second-order valence-electron chi connectivity index (χ2n) is 4.20. The molecule has 1 aromatic carbocycles. The van der Waals surface area contributed by atoms with Gasteiger partial charge in [0.25, 0.3) is 0 Å². The maximum absolute atomic E-state index is 13.1. The SMILES string of the molecule is C[C@H]1CC[C@@](O)(c2cccc(F)c2)CS1. The average molecular weight is 226 g/mol. The summed E-state index contributed by atoms with van der Waals surface area (Å²) in [6.07, 6.45) is 1.71. The zero-order valence-electron chi connectivity index (χ0n) is 8.74. The molecular weight excluding hydrogens is 211 g/mol. The molecule has 2 atom stereocenters. The predicted molar refractivity (Wildman–Crippen MR) is 61.5 cm³/mol. The summed E-state index contributed by atoms with van der Waals surface area (Å²) >= 11 is 1.75. The molecule has 0 radical (unpaired) electrons. The molecule has 1 aromatic rings. The maximum Gasteiger partial charge on any atom is 0.123 e. The Morgan fingerprint density at radius 1 is 1.53 bits per heavy atom. The third kappa shape index (κ3) is 2.34. The molecule has 1 heterocycles. The molecule has 3 heteroatoms. The fraction of sp³-hybridized carbons (Fsp3) is 0.500. The van der Waals surface area contributed by atoms with Gasteiger partial charge in [-0.3, -0.25) is 0 Å². The Labute approximate surface area is 93.7 Å². The minimum Gasteiger partial charge on any atom is -0.384 e. The first kappa shape index (κ1) is 11.0. The van der Waals surface area contributed by atoms with Crippen LogP contribution in [0.15, 0.2) is 24.3 Å². The van der Waals surface area contributed by atoms with E-state index >= 15 is 0 Å². The van der Waals surface area contributed by atoms with Crippen LogP contribution in [0, 0.1) is 5.82 Å². The van der Waals surface area contributed by atoms with Gasteiger partial charge in [0.05, 0.1) is 5.60 Å². The van der Waals surface area contributed by atoms with Gasteiger partial charge in [-0.15, -0.1) is 0 Å². The zero-order chi connectivity index (χ0) is 10.9. The first-order valence-corrected chi connectivity index (χ1v) is 6.25. The molecule has 0 spiro atoms. The number of halogens is 1. The van der Waals surface area contributed by atoms with Crippen LogP contribution in [-0.4, -0.2) is 16.1 Å². The van der Waals surface area contributed by atoms with Gasteiger partial charge in [0.2, 0.25) is 0 Å². The van der Waals surface area contributed by atoms with Crippen molar-refractivity contribution < 1.29 is 9.50 Å². The Morgan fingerprint density at radius 2 is 2.33 bits per heavy atom. The lowest BCUT2D eigenvalue weighted by Crippen LogP contribution is -2.34. The highest BCUT2D eigenvalue weighted by Crippen LogP contribution is 2.38. The monoisotopic (exact) mass is 226 g/mol. The van der Waals surface area contributed by atoms with Crippen molar-refractivity contribution in [3.63, 3.8) is 0 Å². The van der Waals surface area contributed by atoms with Gasteiger partial charge in [-0.2, -0.15) is 11.8 Å². The van der Waals surface area contributed by atoms with E-state index in [1.807, 2.05) is 0 Å². The summed E-state index contributed by atoms with van der Waals surface area (Å²) in [4.78, 5) is 0. The highest BCUT2D eigenvalue weighted by atomic mass is 32.2. The van der Waals surface area contributed by atoms with E-state index in [-0.39, 0.29) is 5.82 Å². The average Bonchev–Trinajstić information content (AvgIpc) is 2.23. The van der Waals surface area contributed by atoms with E-state index in [9.17, 15) is 9.50 Å². The van der Waals surface area contributed by atoms with Crippen molar-refractivity contribution in [1.29, 1.82) is 0 Å². The summed E-state index contributed by atoms with van der Waals surface area (Å²) in [5.74, 6) is 0.391. The van der Waals surface area contributed by atoms with Gasteiger partial charge in [0.1, 0.15) is 5.82 Å². The van der Waals surface area contributed by atoms with Gasteiger partial charge in [0.15, 0.2) is 0 Å². The first-order valence-electron chi connectivity index (χ1n) is 5.20. The predicted octanol–water partition coefficient (Wildman–Crippen LogP) is 2.93. The summed E-state index contributed by atoms with van der Waals surface area (Å²) in [5, 5.41) is 11.0. The van der Waals surface area contributed by atoms with Gasteiger partial charge in [-0.25, -0.2) is 4.39 Å². The minimum absolute atomic E-state index is 0.274. The molecular formula is C12H15FOS. The molecule has 1 nitrogen and oxygen atoms in total. The summed E-state index contributed by atoms with van der Waals surface area (Å²) < 4.78 is 13.1. The fourth-order valence-electron chi connectivity index (χ4n) is 1.88. The molecule has 2 rings (SSSR count). The lowest BCUT2D eigenvalue weighted by molar-refractivity contribution is 0.0468. The summed E-state index contributed by atoms with van der Waals surface area (Å²) in [6.45, 7) is 2.16. The Morgan fingerprint density at radius 3 is 2.93 bits per heavy atom. The lowest BCUT2D eigenvalue weighted by Gasteiger charge is -2.34. The molecule has 0 saturated carbocycles. The van der Waals surface area contributed by atoms with Crippen LogP contribution >= 0.6 is 11.8 Å². The molecule has 0 unspecified atom stereocenters. The summed E-state index contributed by atoms with van der Waals surface area (Å²) in [6, 6.07) is 6.31. The maximum atomic E-state index is 13.1.